The summed E-state index contributed by atoms with van der Waals surface area (Å²) >= 11 is 0. The van der Waals surface area contributed by atoms with E-state index in [1.807, 2.05) is 0 Å². The van der Waals surface area contributed by atoms with E-state index in [-0.39, 0.29) is 0 Å². The van der Waals surface area contributed by atoms with Gasteiger partial charge in [-0.15, -0.1) is 0 Å². The van der Waals surface area contributed by atoms with Crippen molar-refractivity contribution in [1.82, 2.24) is 10.2 Å². The minimum Gasteiger partial charge on any atom is -0.316 e. The van der Waals surface area contributed by atoms with Crippen LogP contribution in [0.2, 0.25) is 0 Å². The van der Waals surface area contributed by atoms with Crippen LogP contribution in [0, 0.1) is 16.7 Å². The Kier molecular flexibility index (Phi) is 3.61. The largest absolute Gasteiger partial charge is 0.316 e. The molecule has 1 atom stereocenters. The van der Waals surface area contributed by atoms with Crippen LogP contribution in [-0.4, -0.2) is 37.6 Å². The topological polar surface area (TPSA) is 39.1 Å². The van der Waals surface area contributed by atoms with Gasteiger partial charge in [0.05, 0.1) is 6.07 Å². The minimum atomic E-state index is 0.534. The number of nitriles is 1. The molecule has 0 aromatic heterocycles. The van der Waals surface area contributed by atoms with Crippen molar-refractivity contribution < 1.29 is 0 Å². The molecule has 0 aromatic rings. The van der Waals surface area contributed by atoms with Gasteiger partial charge in [0.15, 0.2) is 0 Å². The Hall–Kier alpha value is -0.590. The van der Waals surface area contributed by atoms with Crippen LogP contribution in [0.3, 0.4) is 0 Å². The smallest absolute Gasteiger partial charge is 0.0635 e. The first-order valence-electron chi connectivity index (χ1n) is 6.15. The monoisotopic (exact) mass is 207 g/mol. The van der Waals surface area contributed by atoms with E-state index in [1.54, 1.807) is 0 Å². The summed E-state index contributed by atoms with van der Waals surface area (Å²) in [7, 11) is 0. The Bertz CT molecular complexity index is 232. The molecule has 0 saturated carbocycles. The van der Waals surface area contributed by atoms with Gasteiger partial charge in [-0.3, -0.25) is 0 Å². The molecule has 2 aliphatic rings. The lowest BCUT2D eigenvalue weighted by atomic mass is 9.74. The number of piperidine rings is 2. The molecule has 1 N–H and O–H groups in total. The molecule has 2 rings (SSSR count). The lowest BCUT2D eigenvalue weighted by Gasteiger charge is -2.45. The lowest BCUT2D eigenvalue weighted by Crippen LogP contribution is -2.51. The number of hydrogen-bond acceptors (Lipinski definition) is 3. The van der Waals surface area contributed by atoms with E-state index in [0.717, 1.165) is 6.54 Å². The second kappa shape index (κ2) is 4.96. The number of nitrogens with zero attached hydrogens (tertiary/aromatic N) is 2. The van der Waals surface area contributed by atoms with Gasteiger partial charge in [-0.1, -0.05) is 0 Å². The Morgan fingerprint density at radius 1 is 1.33 bits per heavy atom. The third kappa shape index (κ3) is 2.70. The van der Waals surface area contributed by atoms with Crippen LogP contribution < -0.4 is 5.32 Å². The highest BCUT2D eigenvalue weighted by molar-refractivity contribution is 4.91. The molecule has 0 radical (unpaired) electrons. The summed E-state index contributed by atoms with van der Waals surface area (Å²) in [4.78, 5) is 2.49. The quantitative estimate of drug-likeness (QED) is 0.743. The molecular weight excluding hydrogens is 186 g/mol. The molecule has 0 aromatic carbocycles. The first kappa shape index (κ1) is 10.9. The van der Waals surface area contributed by atoms with Gasteiger partial charge in [0.2, 0.25) is 0 Å². The van der Waals surface area contributed by atoms with Crippen molar-refractivity contribution in [2.75, 3.05) is 32.7 Å². The van der Waals surface area contributed by atoms with Crippen LogP contribution in [0.25, 0.3) is 0 Å². The highest BCUT2D eigenvalue weighted by Gasteiger charge is 2.36. The van der Waals surface area contributed by atoms with Gasteiger partial charge < -0.3 is 10.2 Å². The van der Waals surface area contributed by atoms with E-state index in [4.69, 9.17) is 5.26 Å². The van der Waals surface area contributed by atoms with Gasteiger partial charge >= 0.3 is 0 Å². The zero-order valence-electron chi connectivity index (χ0n) is 9.47. The fourth-order valence-electron chi connectivity index (χ4n) is 3.09. The average Bonchev–Trinajstić information content (AvgIpc) is 2.28. The van der Waals surface area contributed by atoms with Crippen LogP contribution in [0.15, 0.2) is 0 Å². The Balaban J connectivity index is 1.88. The molecule has 1 unspecified atom stereocenters. The predicted octanol–water partition coefficient (Wildman–Crippen LogP) is 1.37. The second-order valence-corrected chi connectivity index (χ2v) is 5.07. The Labute approximate surface area is 92.4 Å². The summed E-state index contributed by atoms with van der Waals surface area (Å²) in [6.07, 6.45) is 6.08. The molecular formula is C12H21N3. The highest BCUT2D eigenvalue weighted by atomic mass is 15.1. The first-order chi connectivity index (χ1) is 7.35. The predicted molar refractivity (Wildman–Crippen MR) is 60.4 cm³/mol. The molecule has 0 aliphatic carbocycles. The normalized spacial score (nSPS) is 32.7. The van der Waals surface area contributed by atoms with Crippen LogP contribution >= 0.6 is 0 Å². The standard InChI is InChI=1S/C12H21N3/c13-6-3-9-15-8-2-5-12(11-15)4-1-7-14-10-12/h14H,1-5,7-11H2. The van der Waals surface area contributed by atoms with E-state index < -0.39 is 0 Å². The van der Waals surface area contributed by atoms with E-state index in [1.165, 1.54) is 51.9 Å². The molecule has 3 heteroatoms. The van der Waals surface area contributed by atoms with Crippen LogP contribution in [0.4, 0.5) is 0 Å². The summed E-state index contributed by atoms with van der Waals surface area (Å²) in [6, 6.07) is 2.25. The SMILES string of the molecule is N#CCCN1CCCC2(CCCNC2)C1. The summed E-state index contributed by atoms with van der Waals surface area (Å²) in [5.41, 5.74) is 0.534. The van der Waals surface area contributed by atoms with Gasteiger partial charge in [-0.05, 0) is 44.2 Å². The van der Waals surface area contributed by atoms with E-state index in [0.29, 0.717) is 11.8 Å². The van der Waals surface area contributed by atoms with Gasteiger partial charge in [-0.25, -0.2) is 0 Å². The van der Waals surface area contributed by atoms with E-state index >= 15 is 0 Å². The van der Waals surface area contributed by atoms with E-state index in [9.17, 15) is 0 Å². The lowest BCUT2D eigenvalue weighted by molar-refractivity contribution is 0.0661. The van der Waals surface area contributed by atoms with Crippen molar-refractivity contribution in [3.8, 4) is 6.07 Å². The molecule has 2 aliphatic heterocycles. The third-order valence-corrected chi connectivity index (χ3v) is 3.84. The maximum atomic E-state index is 8.61. The summed E-state index contributed by atoms with van der Waals surface area (Å²) in [6.45, 7) is 5.76. The highest BCUT2D eigenvalue weighted by Crippen LogP contribution is 2.35. The maximum absolute atomic E-state index is 8.61. The zero-order valence-corrected chi connectivity index (χ0v) is 9.47. The molecule has 2 fully saturated rings. The molecule has 2 heterocycles. The number of hydrogen-bond donors (Lipinski definition) is 1. The fourth-order valence-corrected chi connectivity index (χ4v) is 3.09. The van der Waals surface area contributed by atoms with Gasteiger partial charge in [0.1, 0.15) is 0 Å². The average molecular weight is 207 g/mol. The van der Waals surface area contributed by atoms with Crippen LogP contribution in [-0.2, 0) is 0 Å². The molecule has 0 amide bonds. The first-order valence-corrected chi connectivity index (χ1v) is 6.15. The molecule has 2 saturated heterocycles. The van der Waals surface area contributed by atoms with Crippen molar-refractivity contribution in [3.05, 3.63) is 0 Å². The minimum absolute atomic E-state index is 0.534. The van der Waals surface area contributed by atoms with E-state index in [2.05, 4.69) is 16.3 Å². The van der Waals surface area contributed by atoms with Crippen LogP contribution in [0.5, 0.6) is 0 Å². The van der Waals surface area contributed by atoms with Crippen molar-refractivity contribution in [2.45, 2.75) is 32.1 Å². The van der Waals surface area contributed by atoms with Gasteiger partial charge in [0, 0.05) is 26.1 Å². The van der Waals surface area contributed by atoms with Crippen molar-refractivity contribution >= 4 is 0 Å². The fraction of sp³-hybridized carbons (Fsp3) is 0.917. The van der Waals surface area contributed by atoms with Crippen molar-refractivity contribution in [3.63, 3.8) is 0 Å². The number of nitrogens with one attached hydrogen (secondary N) is 1. The summed E-state index contributed by atoms with van der Waals surface area (Å²) in [5.74, 6) is 0. The van der Waals surface area contributed by atoms with Crippen molar-refractivity contribution in [2.24, 2.45) is 5.41 Å². The maximum Gasteiger partial charge on any atom is 0.0635 e. The van der Waals surface area contributed by atoms with Gasteiger partial charge in [-0.2, -0.15) is 5.26 Å². The number of likely N-dealkylation sites (tertiary alicyclic amines) is 1. The summed E-state index contributed by atoms with van der Waals surface area (Å²) < 4.78 is 0. The Morgan fingerprint density at radius 3 is 2.93 bits per heavy atom. The van der Waals surface area contributed by atoms with Gasteiger partial charge in [0.25, 0.3) is 0 Å². The second-order valence-electron chi connectivity index (χ2n) is 5.07. The Morgan fingerprint density at radius 2 is 2.20 bits per heavy atom. The van der Waals surface area contributed by atoms with Crippen LogP contribution in [0.1, 0.15) is 32.1 Å². The molecule has 15 heavy (non-hydrogen) atoms. The molecule has 1 spiro atoms. The summed E-state index contributed by atoms with van der Waals surface area (Å²) in [5, 5.41) is 12.1. The molecule has 0 bridgehead atoms. The zero-order chi connectivity index (χ0) is 10.6. The number of rotatable bonds is 2. The van der Waals surface area contributed by atoms with Crippen molar-refractivity contribution in [1.29, 1.82) is 5.26 Å². The molecule has 84 valence electrons. The third-order valence-electron chi connectivity index (χ3n) is 3.84. The molecule has 3 nitrogen and oxygen atoms in total.